The fourth-order valence-electron chi connectivity index (χ4n) is 3.06. The third-order valence-electron chi connectivity index (χ3n) is 4.74. The van der Waals surface area contributed by atoms with Gasteiger partial charge in [-0.05, 0) is 36.4 Å². The highest BCUT2D eigenvalue weighted by Gasteiger charge is 2.19. The standard InChI is InChI=1S/C22H21N3O/c1-16(22-23-21(24-26-22)19-9-4-3-5-10-19)25(2)15-17-12-13-18-8-6-7-11-20(18)14-17/h3-14,16H,15H2,1-2H3/t16-/m0/s1. The third-order valence-corrected chi connectivity index (χ3v) is 4.74. The summed E-state index contributed by atoms with van der Waals surface area (Å²) in [6, 6.07) is 24.9. The van der Waals surface area contributed by atoms with Gasteiger partial charge >= 0.3 is 0 Å². The Balaban J connectivity index is 1.50. The molecule has 0 spiro atoms. The van der Waals surface area contributed by atoms with Gasteiger partial charge in [0.25, 0.3) is 0 Å². The summed E-state index contributed by atoms with van der Waals surface area (Å²) in [5.74, 6) is 1.26. The molecule has 1 aromatic heterocycles. The molecule has 3 aromatic carbocycles. The molecule has 4 nitrogen and oxygen atoms in total. The average molecular weight is 343 g/mol. The number of aromatic nitrogens is 2. The maximum Gasteiger partial charge on any atom is 0.244 e. The van der Waals surface area contributed by atoms with Gasteiger partial charge in [-0.3, -0.25) is 4.90 Å². The van der Waals surface area contributed by atoms with Crippen molar-refractivity contribution in [3.63, 3.8) is 0 Å². The van der Waals surface area contributed by atoms with Crippen molar-refractivity contribution in [2.45, 2.75) is 19.5 Å². The van der Waals surface area contributed by atoms with Crippen LogP contribution in [0.2, 0.25) is 0 Å². The monoisotopic (exact) mass is 343 g/mol. The molecule has 1 atom stereocenters. The molecule has 4 heteroatoms. The zero-order valence-electron chi connectivity index (χ0n) is 15.0. The largest absolute Gasteiger partial charge is 0.337 e. The predicted octanol–water partition coefficient (Wildman–Crippen LogP) is 5.08. The molecule has 0 aliphatic rings. The zero-order valence-corrected chi connectivity index (χ0v) is 15.0. The van der Waals surface area contributed by atoms with Crippen molar-refractivity contribution in [3.05, 3.63) is 84.3 Å². The van der Waals surface area contributed by atoms with E-state index in [1.807, 2.05) is 30.3 Å². The molecule has 0 fully saturated rings. The first-order chi connectivity index (χ1) is 12.7. The van der Waals surface area contributed by atoms with Crippen molar-refractivity contribution in [3.8, 4) is 11.4 Å². The molecular weight excluding hydrogens is 322 g/mol. The van der Waals surface area contributed by atoms with Gasteiger partial charge in [0, 0.05) is 12.1 Å². The molecule has 4 aromatic rings. The SMILES string of the molecule is C[C@@H](c1nc(-c2ccccc2)no1)N(C)Cc1ccc2ccccc2c1. The normalized spacial score (nSPS) is 12.6. The van der Waals surface area contributed by atoms with Gasteiger partial charge in [0.05, 0.1) is 6.04 Å². The molecule has 0 aliphatic heterocycles. The topological polar surface area (TPSA) is 42.2 Å². The fraction of sp³-hybridized carbons (Fsp3) is 0.182. The number of rotatable bonds is 5. The lowest BCUT2D eigenvalue weighted by molar-refractivity contribution is 0.203. The van der Waals surface area contributed by atoms with Crippen LogP contribution in [0.4, 0.5) is 0 Å². The van der Waals surface area contributed by atoms with Crippen LogP contribution in [0.1, 0.15) is 24.4 Å². The second-order valence-electron chi connectivity index (χ2n) is 6.59. The Bertz CT molecular complexity index is 1010. The lowest BCUT2D eigenvalue weighted by Crippen LogP contribution is -2.22. The van der Waals surface area contributed by atoms with Crippen molar-refractivity contribution in [1.82, 2.24) is 15.0 Å². The van der Waals surface area contributed by atoms with Crippen LogP contribution in [0.15, 0.2) is 77.3 Å². The van der Waals surface area contributed by atoms with E-state index in [1.54, 1.807) is 0 Å². The summed E-state index contributed by atoms with van der Waals surface area (Å²) in [4.78, 5) is 6.79. The minimum Gasteiger partial charge on any atom is -0.337 e. The summed E-state index contributed by atoms with van der Waals surface area (Å²) >= 11 is 0. The van der Waals surface area contributed by atoms with Crippen molar-refractivity contribution >= 4 is 10.8 Å². The van der Waals surface area contributed by atoms with E-state index in [9.17, 15) is 0 Å². The second kappa shape index (κ2) is 7.10. The van der Waals surface area contributed by atoms with E-state index in [0.29, 0.717) is 11.7 Å². The Hall–Kier alpha value is -2.98. The smallest absolute Gasteiger partial charge is 0.244 e. The van der Waals surface area contributed by atoms with E-state index in [4.69, 9.17) is 4.52 Å². The Morgan fingerprint density at radius 1 is 0.923 bits per heavy atom. The van der Waals surface area contributed by atoms with Crippen LogP contribution in [0.5, 0.6) is 0 Å². The molecule has 0 unspecified atom stereocenters. The minimum atomic E-state index is 0.0337. The summed E-state index contributed by atoms with van der Waals surface area (Å²) in [5, 5.41) is 6.65. The number of hydrogen-bond donors (Lipinski definition) is 0. The average Bonchev–Trinajstić information content (AvgIpc) is 3.18. The van der Waals surface area contributed by atoms with Gasteiger partial charge in [0.2, 0.25) is 11.7 Å². The molecule has 0 saturated heterocycles. The number of fused-ring (bicyclic) bond motifs is 1. The van der Waals surface area contributed by atoms with E-state index in [2.05, 4.69) is 71.5 Å². The Labute approximate surface area is 153 Å². The zero-order chi connectivity index (χ0) is 17.9. The van der Waals surface area contributed by atoms with Gasteiger partial charge in [-0.15, -0.1) is 0 Å². The number of nitrogens with zero attached hydrogens (tertiary/aromatic N) is 3. The summed E-state index contributed by atoms with van der Waals surface area (Å²) in [6.07, 6.45) is 0. The minimum absolute atomic E-state index is 0.0337. The van der Waals surface area contributed by atoms with E-state index in [-0.39, 0.29) is 6.04 Å². The third kappa shape index (κ3) is 3.37. The van der Waals surface area contributed by atoms with Gasteiger partial charge in [-0.1, -0.05) is 71.9 Å². The first-order valence-electron chi connectivity index (χ1n) is 8.77. The lowest BCUT2D eigenvalue weighted by atomic mass is 10.1. The van der Waals surface area contributed by atoms with Crippen molar-refractivity contribution in [1.29, 1.82) is 0 Å². The summed E-state index contributed by atoms with van der Waals surface area (Å²) < 4.78 is 5.51. The highest BCUT2D eigenvalue weighted by Crippen LogP contribution is 2.24. The van der Waals surface area contributed by atoms with Crippen LogP contribution in [0.25, 0.3) is 22.2 Å². The maximum atomic E-state index is 5.51. The molecule has 26 heavy (non-hydrogen) atoms. The van der Waals surface area contributed by atoms with Gasteiger partial charge in [0.15, 0.2) is 0 Å². The van der Waals surface area contributed by atoms with Crippen LogP contribution in [-0.2, 0) is 6.54 Å². The van der Waals surface area contributed by atoms with E-state index < -0.39 is 0 Å². The Kier molecular flexibility index (Phi) is 4.50. The molecule has 0 saturated carbocycles. The van der Waals surface area contributed by atoms with Gasteiger partial charge in [-0.25, -0.2) is 0 Å². The van der Waals surface area contributed by atoms with E-state index >= 15 is 0 Å². The van der Waals surface area contributed by atoms with Crippen LogP contribution in [0, 0.1) is 0 Å². The number of hydrogen-bond acceptors (Lipinski definition) is 4. The van der Waals surface area contributed by atoms with Gasteiger partial charge in [-0.2, -0.15) is 4.98 Å². The lowest BCUT2D eigenvalue weighted by Gasteiger charge is -2.21. The van der Waals surface area contributed by atoms with Crippen LogP contribution < -0.4 is 0 Å². The molecule has 0 bridgehead atoms. The van der Waals surface area contributed by atoms with Crippen molar-refractivity contribution in [2.75, 3.05) is 7.05 Å². The molecule has 1 heterocycles. The first-order valence-corrected chi connectivity index (χ1v) is 8.77. The fourth-order valence-corrected chi connectivity index (χ4v) is 3.06. The molecule has 4 rings (SSSR count). The highest BCUT2D eigenvalue weighted by molar-refractivity contribution is 5.82. The van der Waals surface area contributed by atoms with Crippen LogP contribution in [-0.4, -0.2) is 22.1 Å². The second-order valence-corrected chi connectivity index (χ2v) is 6.59. The summed E-state index contributed by atoms with van der Waals surface area (Å²) in [5.41, 5.74) is 2.23. The molecule has 0 aliphatic carbocycles. The maximum absolute atomic E-state index is 5.51. The first kappa shape index (κ1) is 16.5. The highest BCUT2D eigenvalue weighted by atomic mass is 16.5. The molecule has 0 radical (unpaired) electrons. The van der Waals surface area contributed by atoms with Gasteiger partial charge in [0.1, 0.15) is 0 Å². The molecule has 0 N–H and O–H groups in total. The molecular formula is C22H21N3O. The van der Waals surface area contributed by atoms with E-state index in [0.717, 1.165) is 12.1 Å². The van der Waals surface area contributed by atoms with Crippen molar-refractivity contribution in [2.24, 2.45) is 0 Å². The Morgan fingerprint density at radius 3 is 2.46 bits per heavy atom. The summed E-state index contributed by atoms with van der Waals surface area (Å²) in [7, 11) is 2.08. The van der Waals surface area contributed by atoms with Crippen molar-refractivity contribution < 1.29 is 4.52 Å². The number of benzene rings is 3. The van der Waals surface area contributed by atoms with Gasteiger partial charge < -0.3 is 4.52 Å². The predicted molar refractivity (Wildman–Crippen MR) is 104 cm³/mol. The van der Waals surface area contributed by atoms with Crippen LogP contribution in [0.3, 0.4) is 0 Å². The van der Waals surface area contributed by atoms with Crippen LogP contribution >= 0.6 is 0 Å². The Morgan fingerprint density at radius 2 is 1.65 bits per heavy atom. The molecule has 0 amide bonds. The quantitative estimate of drug-likeness (QED) is 0.506. The van der Waals surface area contributed by atoms with E-state index in [1.165, 1.54) is 16.3 Å². The molecule has 130 valence electrons. The summed E-state index contributed by atoms with van der Waals surface area (Å²) in [6.45, 7) is 2.90.